The first-order chi connectivity index (χ1) is 49.0. The maximum Gasteiger partial charge on any atom is 0.344 e. The van der Waals surface area contributed by atoms with Crippen molar-refractivity contribution in [2.45, 2.75) is 276 Å². The lowest BCUT2D eigenvalue weighted by atomic mass is 9.73. The van der Waals surface area contributed by atoms with Gasteiger partial charge in [-0.3, -0.25) is 14.4 Å². The largest absolute Gasteiger partial charge is 0.482 e. The Kier molecular flexibility index (Phi) is 35.1. The summed E-state index contributed by atoms with van der Waals surface area (Å²) in [6.45, 7) is 7.38. The van der Waals surface area contributed by atoms with E-state index < -0.39 is 41.9 Å². The minimum absolute atomic E-state index is 0.0342. The zero-order chi connectivity index (χ0) is 73.7. The van der Waals surface area contributed by atoms with E-state index in [1.54, 1.807) is 6.92 Å². The molecule has 102 heavy (non-hydrogen) atoms. The summed E-state index contributed by atoms with van der Waals surface area (Å²) >= 11 is 0. The molecule has 9 rings (SSSR count). The van der Waals surface area contributed by atoms with Crippen molar-refractivity contribution in [3.8, 4) is 17.2 Å². The lowest BCUT2D eigenvalue weighted by molar-refractivity contribution is -0.152. The predicted octanol–water partition coefficient (Wildman–Crippen LogP) is 11.7. The molecule has 3 aromatic rings. The van der Waals surface area contributed by atoms with E-state index in [-0.39, 0.29) is 120 Å². The normalized spacial score (nSPS) is 24.5. The molecule has 6 aliphatic carbocycles. The van der Waals surface area contributed by atoms with Crippen LogP contribution >= 0.6 is 0 Å². The van der Waals surface area contributed by atoms with Gasteiger partial charge in [0.1, 0.15) is 23.9 Å². The van der Waals surface area contributed by atoms with Crippen molar-refractivity contribution in [2.24, 2.45) is 53.3 Å². The molecule has 3 fully saturated rings. The monoisotopic (exact) mass is 1430 g/mol. The highest BCUT2D eigenvalue weighted by Gasteiger charge is 2.48. The van der Waals surface area contributed by atoms with Gasteiger partial charge in [0.2, 0.25) is 0 Å². The summed E-state index contributed by atoms with van der Waals surface area (Å²) in [6.07, 6.45) is 22.6. The number of hydrogen-bond acceptors (Lipinski definition) is 18. The second-order valence-electron chi connectivity index (χ2n) is 29.9. The molecule has 9 N–H and O–H groups in total. The number of aliphatic carboxylic acids is 3. The minimum atomic E-state index is -1.02. The fourth-order valence-electron chi connectivity index (χ4n) is 17.1. The Balaban J connectivity index is 0.000000215. The number of benzene rings is 3. The molecule has 0 aliphatic heterocycles. The summed E-state index contributed by atoms with van der Waals surface area (Å²) in [5.74, 6) is 0.499. The number of aliphatic hydroxyl groups is 6. The Hall–Kier alpha value is -6.36. The molecule has 21 heteroatoms. The van der Waals surface area contributed by atoms with Crippen LogP contribution in [0.5, 0.6) is 17.2 Å². The van der Waals surface area contributed by atoms with Crippen molar-refractivity contribution < 1.29 is 103 Å². The SMILES string of the molecule is CCCCC[C@H](O)CC[C@@H]1[C@H]2Cc3cccc(OCC(=O)OC(C)CCC(=O)O)c3C[C@H]2C[C@H]1O.CCCCC[C@H](O)CC[C@@H]1[C@H]2Cc3cccc(OCC(=O)OCCC(=O)O)c3C[C@H]2C[C@H]1O.CCCCC[C@H](O)CC[C@@H]1[C@H]2Cc3cccc(OCC(=O)OCCCC(=O)O)c3C[C@H]2C[C@H]1O. The molecule has 0 spiro atoms. The molecule has 0 heterocycles. The van der Waals surface area contributed by atoms with Gasteiger partial charge in [0, 0.05) is 12.8 Å². The molecule has 21 nitrogen and oxygen atoms in total. The molecule has 1 unspecified atom stereocenters. The van der Waals surface area contributed by atoms with Crippen molar-refractivity contribution in [3.63, 3.8) is 0 Å². The number of hydrogen-bond donors (Lipinski definition) is 9. The van der Waals surface area contributed by atoms with Gasteiger partial charge in [-0.1, -0.05) is 115 Å². The zero-order valence-electron chi connectivity index (χ0n) is 61.0. The average molecular weight is 1430 g/mol. The van der Waals surface area contributed by atoms with Crippen LogP contribution in [0.15, 0.2) is 54.6 Å². The summed E-state index contributed by atoms with van der Waals surface area (Å²) in [7, 11) is 0. The van der Waals surface area contributed by atoms with Crippen LogP contribution in [-0.2, 0) is 81.5 Å². The summed E-state index contributed by atoms with van der Waals surface area (Å²) in [5.41, 5.74) is 6.90. The second-order valence-corrected chi connectivity index (χ2v) is 29.9. The third-order valence-electron chi connectivity index (χ3n) is 22.5. The Bertz CT molecular complexity index is 3080. The number of esters is 3. The Morgan fingerprint density at radius 2 is 0.755 bits per heavy atom. The van der Waals surface area contributed by atoms with E-state index in [2.05, 4.69) is 39.0 Å². The van der Waals surface area contributed by atoms with E-state index in [4.69, 9.17) is 43.7 Å². The number of rotatable bonds is 41. The highest BCUT2D eigenvalue weighted by molar-refractivity contribution is 5.73. The second kappa shape index (κ2) is 43.2. The summed E-state index contributed by atoms with van der Waals surface area (Å²) < 4.78 is 32.6. The topological polar surface area (TPSA) is 340 Å². The van der Waals surface area contributed by atoms with E-state index in [9.17, 15) is 59.4 Å². The quantitative estimate of drug-likeness (QED) is 0.0145. The van der Waals surface area contributed by atoms with Crippen LogP contribution < -0.4 is 14.2 Å². The Morgan fingerprint density at radius 3 is 1.10 bits per heavy atom. The highest BCUT2D eigenvalue weighted by atomic mass is 16.6. The number of unbranched alkanes of at least 4 members (excludes halogenated alkanes) is 6. The molecule has 3 aromatic carbocycles. The fraction of sp³-hybridized carbons (Fsp3) is 0.704. The van der Waals surface area contributed by atoms with Gasteiger partial charge in [0.25, 0.3) is 0 Å². The fourth-order valence-corrected chi connectivity index (χ4v) is 17.1. The van der Waals surface area contributed by atoms with Crippen molar-refractivity contribution in [1.29, 1.82) is 0 Å². The molecule has 3 saturated carbocycles. The summed E-state index contributed by atoms with van der Waals surface area (Å²) in [5, 5.41) is 89.5. The number of carbonyl (C=O) groups is 6. The van der Waals surface area contributed by atoms with Crippen molar-refractivity contribution in [1.82, 2.24) is 0 Å². The van der Waals surface area contributed by atoms with Crippen LogP contribution in [0.3, 0.4) is 0 Å². The molecule has 16 atom stereocenters. The van der Waals surface area contributed by atoms with Gasteiger partial charge in [0.15, 0.2) is 19.8 Å². The van der Waals surface area contributed by atoms with Crippen molar-refractivity contribution in [2.75, 3.05) is 33.0 Å². The van der Waals surface area contributed by atoms with Crippen LogP contribution in [0, 0.1) is 53.3 Å². The lowest BCUT2D eigenvalue weighted by Crippen LogP contribution is -2.28. The van der Waals surface area contributed by atoms with E-state index in [1.165, 1.54) is 16.7 Å². The van der Waals surface area contributed by atoms with Crippen LogP contribution in [-0.4, -0.2) is 158 Å². The van der Waals surface area contributed by atoms with Crippen LogP contribution in [0.2, 0.25) is 0 Å². The first kappa shape index (κ1) is 82.9. The average Bonchev–Trinajstić information content (AvgIpc) is 1.60. The smallest absolute Gasteiger partial charge is 0.344 e. The van der Waals surface area contributed by atoms with Crippen molar-refractivity contribution >= 4 is 35.8 Å². The van der Waals surface area contributed by atoms with Gasteiger partial charge >= 0.3 is 35.8 Å². The number of carboxylic acids is 3. The van der Waals surface area contributed by atoms with Crippen LogP contribution in [0.25, 0.3) is 0 Å². The standard InChI is InChI=1S/C28H42O7.C27H40O7.C26H38O7/c1-3-4-5-8-21(29)11-12-22-23-14-19-7-6-9-26(24(19)15-20(23)16-25(22)30)34-17-28(33)35-18(2)10-13-27(31)32;1-2-3-4-8-20(28)11-12-21-22-14-18-7-5-9-25(23(18)15-19(22)16-24(21)29)34-17-27(32)33-13-6-10-26(30)31;1-2-3-4-7-19(27)9-10-20-21-13-17-6-5-8-24(22(17)14-18(21)15-23(20)28)33-16-26(31)32-12-11-25(29)30/h6-7,9,18,20-23,25,29-30H,3-5,8,10-17H2,1-2H3,(H,31,32);5,7,9,19-22,24,28-29H,2-4,6,8,10-17H2,1H3,(H,30,31);5-6,8,18-21,23,27-28H,2-4,7,9-16H2,1H3,(H,29,30)/t18?,20-,21-,22+,23-,25+;19-,20-,21+,22-,24+;18-,19-,20+,21-,23+/m000/s1. The minimum Gasteiger partial charge on any atom is -0.482 e. The summed E-state index contributed by atoms with van der Waals surface area (Å²) in [6, 6.07) is 17.7. The molecule has 570 valence electrons. The van der Waals surface area contributed by atoms with Crippen LogP contribution in [0.4, 0.5) is 0 Å². The predicted molar refractivity (Wildman–Crippen MR) is 383 cm³/mol. The first-order valence-electron chi connectivity index (χ1n) is 38.5. The molecule has 0 bridgehead atoms. The van der Waals surface area contributed by atoms with Gasteiger partial charge in [-0.15, -0.1) is 0 Å². The zero-order valence-corrected chi connectivity index (χ0v) is 61.0. The van der Waals surface area contributed by atoms with Gasteiger partial charge in [-0.2, -0.15) is 0 Å². The molecule has 0 aromatic heterocycles. The maximum absolute atomic E-state index is 12.2. The van der Waals surface area contributed by atoms with E-state index in [1.807, 2.05) is 36.4 Å². The number of aliphatic hydroxyl groups excluding tert-OH is 6. The number of ether oxygens (including phenoxy) is 6. The Labute approximate surface area is 603 Å². The third kappa shape index (κ3) is 26.3. The third-order valence-corrected chi connectivity index (χ3v) is 22.5. The highest BCUT2D eigenvalue weighted by Crippen LogP contribution is 2.52. The molecular formula is C81H120O21. The first-order valence-corrected chi connectivity index (χ1v) is 38.5. The van der Waals surface area contributed by atoms with Crippen LogP contribution in [0.1, 0.15) is 228 Å². The molecule has 0 saturated heterocycles. The molecular weight excluding hydrogens is 1310 g/mol. The van der Waals surface area contributed by atoms with E-state index in [0.29, 0.717) is 52.8 Å². The maximum atomic E-state index is 12.2. The van der Waals surface area contributed by atoms with E-state index >= 15 is 0 Å². The van der Waals surface area contributed by atoms with Crippen molar-refractivity contribution in [3.05, 3.63) is 88.0 Å². The number of fused-ring (bicyclic) bond motifs is 6. The number of carbonyl (C=O) groups excluding carboxylic acids is 3. The van der Waals surface area contributed by atoms with Gasteiger partial charge in [-0.05, 0) is 240 Å². The lowest BCUT2D eigenvalue weighted by Gasteiger charge is -2.32. The van der Waals surface area contributed by atoms with Gasteiger partial charge < -0.3 is 74.4 Å². The number of carboxylic acid groups (broad SMARTS) is 3. The van der Waals surface area contributed by atoms with E-state index in [0.717, 1.165) is 190 Å². The van der Waals surface area contributed by atoms with Gasteiger partial charge in [0.05, 0.1) is 55.8 Å². The molecule has 6 aliphatic rings. The molecule has 0 amide bonds. The summed E-state index contributed by atoms with van der Waals surface area (Å²) in [4.78, 5) is 67.7. The molecule has 0 radical (unpaired) electrons. The Morgan fingerprint density at radius 1 is 0.412 bits per heavy atom. The van der Waals surface area contributed by atoms with Gasteiger partial charge in [-0.25, -0.2) is 14.4 Å².